The van der Waals surface area contributed by atoms with E-state index < -0.39 is 0 Å². The average Bonchev–Trinajstić information content (AvgIpc) is 2.81. The number of hydrogen-bond donors (Lipinski definition) is 0. The molecule has 1 aromatic heterocycles. The van der Waals surface area contributed by atoms with Crippen molar-refractivity contribution >= 4 is 18.1 Å². The Kier molecular flexibility index (Phi) is 8.04. The molecule has 1 fully saturated rings. The predicted molar refractivity (Wildman–Crippen MR) is 118 cm³/mol. The lowest BCUT2D eigenvalue weighted by Gasteiger charge is -2.33. The highest BCUT2D eigenvalue weighted by atomic mass is 16.6. The van der Waals surface area contributed by atoms with Crippen molar-refractivity contribution in [1.82, 2.24) is 14.8 Å². The van der Waals surface area contributed by atoms with Crippen molar-refractivity contribution in [2.75, 3.05) is 32.8 Å². The van der Waals surface area contributed by atoms with Gasteiger partial charge in [-0.15, -0.1) is 0 Å². The Bertz CT molecular complexity index is 873. The molecule has 1 aromatic carbocycles. The Morgan fingerprint density at radius 2 is 1.74 bits per heavy atom. The summed E-state index contributed by atoms with van der Waals surface area (Å²) in [4.78, 5) is 32.1. The second kappa shape index (κ2) is 11.2. The molecule has 0 N–H and O–H groups in total. The van der Waals surface area contributed by atoms with Crippen molar-refractivity contribution < 1.29 is 19.1 Å². The van der Waals surface area contributed by atoms with Gasteiger partial charge >= 0.3 is 6.09 Å². The molecule has 1 saturated heterocycles. The Labute approximate surface area is 183 Å². The molecule has 31 heavy (non-hydrogen) atoms. The number of amides is 2. The summed E-state index contributed by atoms with van der Waals surface area (Å²) in [5.41, 5.74) is 1.78. The number of rotatable bonds is 7. The van der Waals surface area contributed by atoms with Crippen LogP contribution in [0.1, 0.15) is 25.1 Å². The third-order valence-electron chi connectivity index (χ3n) is 4.80. The molecule has 7 heteroatoms. The largest absolute Gasteiger partial charge is 0.487 e. The monoisotopic (exact) mass is 423 g/mol. The number of aromatic nitrogens is 1. The number of carbonyl (C=O) groups is 2. The standard InChI is InChI=1S/C24H29N3O4/c1-19(2)17-31-24(29)27-15-13-26(14-16-27)23(28)11-8-20-6-9-22(10-7-20)30-18-21-5-3-4-12-25-21/h3-12,19H,13-18H2,1-2H3/b11-8-. The lowest BCUT2D eigenvalue weighted by atomic mass is 10.2. The van der Waals surface area contributed by atoms with E-state index in [9.17, 15) is 9.59 Å². The molecule has 0 radical (unpaired) electrons. The van der Waals surface area contributed by atoms with Crippen LogP contribution in [0.15, 0.2) is 54.7 Å². The highest BCUT2D eigenvalue weighted by Crippen LogP contribution is 2.15. The van der Waals surface area contributed by atoms with E-state index in [4.69, 9.17) is 9.47 Å². The van der Waals surface area contributed by atoms with E-state index >= 15 is 0 Å². The molecule has 0 saturated carbocycles. The minimum Gasteiger partial charge on any atom is -0.487 e. The third kappa shape index (κ3) is 7.13. The second-order valence-electron chi connectivity index (χ2n) is 7.80. The topological polar surface area (TPSA) is 72.0 Å². The molecule has 0 atom stereocenters. The fourth-order valence-corrected chi connectivity index (χ4v) is 3.03. The number of piperazine rings is 1. The number of benzene rings is 1. The van der Waals surface area contributed by atoms with Crippen molar-refractivity contribution in [2.45, 2.75) is 20.5 Å². The Morgan fingerprint density at radius 3 is 2.39 bits per heavy atom. The van der Waals surface area contributed by atoms with Crippen LogP contribution in [0.4, 0.5) is 4.79 Å². The van der Waals surface area contributed by atoms with Crippen molar-refractivity contribution in [3.05, 3.63) is 66.0 Å². The molecule has 0 spiro atoms. The highest BCUT2D eigenvalue weighted by Gasteiger charge is 2.24. The van der Waals surface area contributed by atoms with Crippen LogP contribution < -0.4 is 4.74 Å². The van der Waals surface area contributed by atoms with Crippen molar-refractivity contribution in [1.29, 1.82) is 0 Å². The van der Waals surface area contributed by atoms with Crippen LogP contribution in [0.2, 0.25) is 0 Å². The number of nitrogens with zero attached hydrogens (tertiary/aromatic N) is 3. The van der Waals surface area contributed by atoms with Gasteiger partial charge in [0, 0.05) is 38.5 Å². The molecule has 2 aromatic rings. The fourth-order valence-electron chi connectivity index (χ4n) is 3.03. The van der Waals surface area contributed by atoms with Gasteiger partial charge in [0.2, 0.25) is 5.91 Å². The highest BCUT2D eigenvalue weighted by molar-refractivity contribution is 5.92. The SMILES string of the molecule is CC(C)COC(=O)N1CCN(C(=O)/C=C\c2ccc(OCc3ccccn3)cc2)CC1. The van der Waals surface area contributed by atoms with Crippen LogP contribution in [0, 0.1) is 5.92 Å². The first kappa shape index (κ1) is 22.3. The first-order valence-corrected chi connectivity index (χ1v) is 10.5. The van der Waals surface area contributed by atoms with E-state index in [0.717, 1.165) is 17.0 Å². The first-order chi connectivity index (χ1) is 15.0. The molecule has 2 heterocycles. The van der Waals surface area contributed by atoms with Crippen LogP contribution >= 0.6 is 0 Å². The van der Waals surface area contributed by atoms with Crippen LogP contribution in [0.5, 0.6) is 5.75 Å². The zero-order valence-corrected chi connectivity index (χ0v) is 18.1. The molecule has 0 unspecified atom stereocenters. The summed E-state index contributed by atoms with van der Waals surface area (Å²) in [5, 5.41) is 0. The number of hydrogen-bond acceptors (Lipinski definition) is 5. The van der Waals surface area contributed by atoms with Gasteiger partial charge in [-0.25, -0.2) is 4.79 Å². The number of ether oxygens (including phenoxy) is 2. The third-order valence-corrected chi connectivity index (χ3v) is 4.80. The van der Waals surface area contributed by atoms with E-state index in [2.05, 4.69) is 4.98 Å². The first-order valence-electron chi connectivity index (χ1n) is 10.5. The van der Waals surface area contributed by atoms with Crippen LogP contribution in [-0.4, -0.2) is 59.6 Å². The molecule has 164 valence electrons. The summed E-state index contributed by atoms with van der Waals surface area (Å²) in [6.45, 7) is 6.79. The van der Waals surface area contributed by atoms with E-state index in [0.29, 0.717) is 45.3 Å². The van der Waals surface area contributed by atoms with Gasteiger partial charge in [-0.1, -0.05) is 32.0 Å². The second-order valence-corrected chi connectivity index (χ2v) is 7.80. The molecule has 3 rings (SSSR count). The van der Waals surface area contributed by atoms with Crippen LogP contribution in [0.25, 0.3) is 6.08 Å². The smallest absolute Gasteiger partial charge is 0.409 e. The molecular formula is C24H29N3O4. The summed E-state index contributed by atoms with van der Waals surface area (Å²) in [5.74, 6) is 0.985. The number of carbonyl (C=O) groups excluding carboxylic acids is 2. The van der Waals surface area contributed by atoms with Gasteiger partial charge < -0.3 is 19.3 Å². The summed E-state index contributed by atoms with van der Waals surface area (Å²) >= 11 is 0. The van der Waals surface area contributed by atoms with Gasteiger partial charge in [0.25, 0.3) is 0 Å². The van der Waals surface area contributed by atoms with Gasteiger partial charge in [-0.3, -0.25) is 9.78 Å². The Balaban J connectivity index is 1.43. The van der Waals surface area contributed by atoms with E-state index in [1.807, 2.05) is 56.3 Å². The van der Waals surface area contributed by atoms with Crippen LogP contribution in [0.3, 0.4) is 0 Å². The normalized spacial score (nSPS) is 14.2. The van der Waals surface area contributed by atoms with E-state index in [1.54, 1.807) is 28.1 Å². The maximum atomic E-state index is 12.5. The molecule has 7 nitrogen and oxygen atoms in total. The van der Waals surface area contributed by atoms with Crippen molar-refractivity contribution in [3.8, 4) is 5.75 Å². The minimum atomic E-state index is -0.304. The summed E-state index contributed by atoms with van der Waals surface area (Å²) in [6, 6.07) is 13.3. The van der Waals surface area contributed by atoms with Gasteiger partial charge in [0.1, 0.15) is 12.4 Å². The number of pyridine rings is 1. The predicted octanol–water partition coefficient (Wildman–Crippen LogP) is 3.61. The molecule has 1 aliphatic rings. The maximum Gasteiger partial charge on any atom is 0.409 e. The lowest BCUT2D eigenvalue weighted by Crippen LogP contribution is -2.50. The fraction of sp³-hybridized carbons (Fsp3) is 0.375. The van der Waals surface area contributed by atoms with E-state index in [1.165, 1.54) is 0 Å². The summed E-state index contributed by atoms with van der Waals surface area (Å²) in [7, 11) is 0. The maximum absolute atomic E-state index is 12.5. The van der Waals surface area contributed by atoms with Crippen molar-refractivity contribution in [3.63, 3.8) is 0 Å². The van der Waals surface area contributed by atoms with Gasteiger partial charge in [0.05, 0.1) is 12.3 Å². The zero-order valence-electron chi connectivity index (χ0n) is 18.1. The zero-order chi connectivity index (χ0) is 22.1. The van der Waals surface area contributed by atoms with Crippen LogP contribution in [-0.2, 0) is 16.1 Å². The Morgan fingerprint density at radius 1 is 1.03 bits per heavy atom. The minimum absolute atomic E-state index is 0.0642. The average molecular weight is 424 g/mol. The lowest BCUT2D eigenvalue weighted by molar-refractivity contribution is -0.127. The molecule has 0 bridgehead atoms. The van der Waals surface area contributed by atoms with Gasteiger partial charge in [0.15, 0.2) is 0 Å². The molecule has 1 aliphatic heterocycles. The molecule has 0 aliphatic carbocycles. The van der Waals surface area contributed by atoms with Gasteiger partial charge in [-0.2, -0.15) is 0 Å². The molecule has 2 amide bonds. The van der Waals surface area contributed by atoms with E-state index in [-0.39, 0.29) is 12.0 Å². The van der Waals surface area contributed by atoms with Crippen molar-refractivity contribution in [2.24, 2.45) is 5.92 Å². The summed E-state index contributed by atoms with van der Waals surface area (Å²) < 4.78 is 11.0. The quantitative estimate of drug-likeness (QED) is 0.636. The van der Waals surface area contributed by atoms with Gasteiger partial charge in [-0.05, 0) is 41.8 Å². The summed E-state index contributed by atoms with van der Waals surface area (Å²) in [6.07, 6.45) is 4.79. The Hall–Kier alpha value is -3.35. The molecular weight excluding hydrogens is 394 g/mol.